The van der Waals surface area contributed by atoms with E-state index in [1.165, 1.54) is 57.8 Å². The maximum Gasteiger partial charge on any atom is 0.303 e. The van der Waals surface area contributed by atoms with Gasteiger partial charge in [-0.25, -0.2) is 0 Å². The van der Waals surface area contributed by atoms with Crippen molar-refractivity contribution in [3.05, 3.63) is 0 Å². The predicted octanol–water partition coefficient (Wildman–Crippen LogP) is 6.16. The van der Waals surface area contributed by atoms with Crippen molar-refractivity contribution < 1.29 is 19.5 Å². The monoisotopic (exact) mass is 400 g/mol. The molecular formula is C24H50NO3+. The van der Waals surface area contributed by atoms with E-state index in [1.807, 2.05) is 0 Å². The number of hydrogen-bond donors (Lipinski definition) is 2. The quantitative estimate of drug-likeness (QED) is 0.179. The molecule has 4 heteroatoms. The van der Waals surface area contributed by atoms with Crippen LogP contribution in [0.2, 0.25) is 0 Å². The predicted molar refractivity (Wildman–Crippen MR) is 120 cm³/mol. The largest absolute Gasteiger partial charge is 0.481 e. The Morgan fingerprint density at radius 1 is 0.750 bits per heavy atom. The van der Waals surface area contributed by atoms with E-state index in [0.717, 1.165) is 62.5 Å². The van der Waals surface area contributed by atoms with E-state index in [-0.39, 0.29) is 6.10 Å². The maximum absolute atomic E-state index is 10.5. The first-order valence-corrected chi connectivity index (χ1v) is 12.1. The third-order valence-electron chi connectivity index (χ3n) is 5.75. The molecule has 0 heterocycles. The summed E-state index contributed by atoms with van der Waals surface area (Å²) in [4.78, 5) is 10.5. The number of aliphatic carboxylic acids is 1. The summed E-state index contributed by atoms with van der Waals surface area (Å²) < 4.78 is 0.883. The zero-order chi connectivity index (χ0) is 21.1. The molecule has 0 saturated carbocycles. The van der Waals surface area contributed by atoms with Crippen molar-refractivity contribution in [2.75, 3.05) is 27.2 Å². The lowest BCUT2D eigenvalue weighted by Gasteiger charge is -2.32. The summed E-state index contributed by atoms with van der Waals surface area (Å²) >= 11 is 0. The van der Waals surface area contributed by atoms with Crippen LogP contribution in [0.4, 0.5) is 0 Å². The number of hydrogen-bond acceptors (Lipinski definition) is 2. The van der Waals surface area contributed by atoms with Gasteiger partial charge in [0.05, 0.1) is 20.6 Å². The first kappa shape index (κ1) is 27.4. The number of aliphatic hydroxyl groups excluding tert-OH is 1. The molecule has 0 bridgehead atoms. The Bertz CT molecular complexity index is 358. The lowest BCUT2D eigenvalue weighted by Crippen LogP contribution is -2.45. The number of carbonyl (C=O) groups is 1. The van der Waals surface area contributed by atoms with Gasteiger partial charge in [-0.05, 0) is 25.7 Å². The SMILES string of the molecule is CCCCCCCCCCCCC(O)C[N+](C)(C)CCCCCCCC(=O)O. The number of carboxylic acids is 1. The molecule has 0 aromatic rings. The van der Waals surface area contributed by atoms with E-state index in [2.05, 4.69) is 21.0 Å². The van der Waals surface area contributed by atoms with Gasteiger partial charge in [0.25, 0.3) is 0 Å². The van der Waals surface area contributed by atoms with Crippen molar-refractivity contribution >= 4 is 5.97 Å². The maximum atomic E-state index is 10.5. The number of nitrogens with zero attached hydrogens (tertiary/aromatic N) is 1. The van der Waals surface area contributed by atoms with Gasteiger partial charge in [-0.3, -0.25) is 4.79 Å². The van der Waals surface area contributed by atoms with Gasteiger partial charge in [-0.2, -0.15) is 0 Å². The third-order valence-corrected chi connectivity index (χ3v) is 5.75. The third kappa shape index (κ3) is 20.1. The van der Waals surface area contributed by atoms with Crippen molar-refractivity contribution in [1.82, 2.24) is 0 Å². The molecule has 0 saturated heterocycles. The number of quaternary nitrogens is 1. The average Bonchev–Trinajstić information content (AvgIpc) is 2.61. The van der Waals surface area contributed by atoms with Crippen LogP contribution < -0.4 is 0 Å². The molecule has 4 nitrogen and oxygen atoms in total. The van der Waals surface area contributed by atoms with E-state index in [4.69, 9.17) is 5.11 Å². The van der Waals surface area contributed by atoms with E-state index < -0.39 is 5.97 Å². The molecule has 0 aromatic carbocycles. The highest BCUT2D eigenvalue weighted by atomic mass is 16.4. The van der Waals surface area contributed by atoms with Crippen molar-refractivity contribution in [2.45, 2.75) is 122 Å². The first-order valence-electron chi connectivity index (χ1n) is 12.1. The number of aliphatic hydroxyl groups is 1. The smallest absolute Gasteiger partial charge is 0.303 e. The zero-order valence-corrected chi connectivity index (χ0v) is 19.3. The second-order valence-electron chi connectivity index (χ2n) is 9.38. The molecule has 0 spiro atoms. The summed E-state index contributed by atoms with van der Waals surface area (Å²) in [6.45, 7) is 4.20. The molecule has 0 radical (unpaired) electrons. The Morgan fingerprint density at radius 2 is 1.21 bits per heavy atom. The molecule has 0 amide bonds. The second kappa shape index (κ2) is 18.4. The Morgan fingerprint density at radius 3 is 1.75 bits per heavy atom. The lowest BCUT2D eigenvalue weighted by molar-refractivity contribution is -0.893. The van der Waals surface area contributed by atoms with Gasteiger partial charge in [0.15, 0.2) is 0 Å². The fourth-order valence-electron chi connectivity index (χ4n) is 3.97. The van der Waals surface area contributed by atoms with Crippen LogP contribution in [0.5, 0.6) is 0 Å². The highest BCUT2D eigenvalue weighted by molar-refractivity contribution is 5.66. The summed E-state index contributed by atoms with van der Waals surface area (Å²) in [5.41, 5.74) is 0. The van der Waals surface area contributed by atoms with Crippen molar-refractivity contribution in [3.63, 3.8) is 0 Å². The van der Waals surface area contributed by atoms with E-state index in [9.17, 15) is 9.90 Å². The normalized spacial score (nSPS) is 13.0. The topological polar surface area (TPSA) is 57.5 Å². The molecule has 0 aliphatic rings. The molecule has 2 N–H and O–H groups in total. The molecule has 0 rings (SSSR count). The number of unbranched alkanes of at least 4 members (excludes halogenated alkanes) is 13. The van der Waals surface area contributed by atoms with Crippen LogP contribution >= 0.6 is 0 Å². The molecule has 0 aromatic heterocycles. The molecule has 0 aliphatic carbocycles. The minimum Gasteiger partial charge on any atom is -0.481 e. The van der Waals surface area contributed by atoms with Crippen LogP contribution in [0.25, 0.3) is 0 Å². The van der Waals surface area contributed by atoms with Crippen LogP contribution in [0, 0.1) is 0 Å². The molecular weight excluding hydrogens is 350 g/mol. The van der Waals surface area contributed by atoms with Gasteiger partial charge in [0.2, 0.25) is 0 Å². The molecule has 1 atom stereocenters. The Hall–Kier alpha value is -0.610. The highest BCUT2D eigenvalue weighted by Crippen LogP contribution is 2.14. The van der Waals surface area contributed by atoms with Crippen LogP contribution in [0.1, 0.15) is 116 Å². The summed E-state index contributed by atoms with van der Waals surface area (Å²) in [6.07, 6.45) is 19.7. The van der Waals surface area contributed by atoms with E-state index in [1.54, 1.807) is 0 Å². The van der Waals surface area contributed by atoms with Gasteiger partial charge in [0.1, 0.15) is 12.6 Å². The minimum atomic E-state index is -0.686. The van der Waals surface area contributed by atoms with Crippen LogP contribution in [0.3, 0.4) is 0 Å². The molecule has 0 fully saturated rings. The number of likely N-dealkylation sites (N-methyl/N-ethyl adjacent to an activating group) is 1. The summed E-state index contributed by atoms with van der Waals surface area (Å²) in [5.74, 6) is -0.686. The Labute approximate surface area is 175 Å². The standard InChI is InChI=1S/C24H49NO3/c1-4-5-6-7-8-9-10-11-13-16-19-23(26)22-25(2,3)21-18-15-12-14-17-20-24(27)28/h23,26H,4-22H2,1-3H3/p+1. The van der Waals surface area contributed by atoms with Gasteiger partial charge < -0.3 is 14.7 Å². The van der Waals surface area contributed by atoms with Crippen molar-refractivity contribution in [3.8, 4) is 0 Å². The second-order valence-corrected chi connectivity index (χ2v) is 9.38. The molecule has 28 heavy (non-hydrogen) atoms. The average molecular weight is 401 g/mol. The summed E-state index contributed by atoms with van der Waals surface area (Å²) in [6, 6.07) is 0. The minimum absolute atomic E-state index is 0.181. The fraction of sp³-hybridized carbons (Fsp3) is 0.958. The Balaban J connectivity index is 3.52. The number of rotatable bonds is 21. The molecule has 168 valence electrons. The summed E-state index contributed by atoms with van der Waals surface area (Å²) in [7, 11) is 4.43. The first-order chi connectivity index (χ1) is 13.4. The number of carboxylic acid groups (broad SMARTS) is 1. The van der Waals surface area contributed by atoms with Crippen molar-refractivity contribution in [2.24, 2.45) is 0 Å². The van der Waals surface area contributed by atoms with Gasteiger partial charge in [-0.1, -0.05) is 84.0 Å². The van der Waals surface area contributed by atoms with Gasteiger partial charge in [-0.15, -0.1) is 0 Å². The van der Waals surface area contributed by atoms with Crippen LogP contribution in [0.15, 0.2) is 0 Å². The van der Waals surface area contributed by atoms with Gasteiger partial charge >= 0.3 is 5.97 Å². The summed E-state index contributed by atoms with van der Waals surface area (Å²) in [5, 5.41) is 19.0. The van der Waals surface area contributed by atoms with Crippen LogP contribution in [-0.4, -0.2) is 54.0 Å². The van der Waals surface area contributed by atoms with E-state index >= 15 is 0 Å². The zero-order valence-electron chi connectivity index (χ0n) is 19.3. The molecule has 1 unspecified atom stereocenters. The van der Waals surface area contributed by atoms with Gasteiger partial charge in [0, 0.05) is 6.42 Å². The highest BCUT2D eigenvalue weighted by Gasteiger charge is 2.19. The van der Waals surface area contributed by atoms with E-state index in [0.29, 0.717) is 6.42 Å². The van der Waals surface area contributed by atoms with Crippen molar-refractivity contribution in [1.29, 1.82) is 0 Å². The molecule has 0 aliphatic heterocycles. The fourth-order valence-corrected chi connectivity index (χ4v) is 3.97. The van der Waals surface area contributed by atoms with Crippen LogP contribution in [-0.2, 0) is 4.79 Å². The lowest BCUT2D eigenvalue weighted by atomic mass is 10.0. The Kier molecular flexibility index (Phi) is 18.0.